The van der Waals surface area contributed by atoms with E-state index in [4.69, 9.17) is 21.1 Å². The summed E-state index contributed by atoms with van der Waals surface area (Å²) >= 11 is 7.93. The second kappa shape index (κ2) is 8.91. The molecule has 1 aliphatic heterocycles. The van der Waals surface area contributed by atoms with Gasteiger partial charge in [0.15, 0.2) is 11.5 Å². The van der Waals surface area contributed by atoms with Crippen LogP contribution in [0.1, 0.15) is 16.1 Å². The molecule has 1 aromatic heterocycles. The monoisotopic (exact) mass is 456 g/mol. The number of ether oxygens (including phenoxy) is 2. The van der Waals surface area contributed by atoms with Crippen LogP contribution < -0.4 is 9.47 Å². The normalized spacial score (nSPS) is 11.8. The van der Waals surface area contributed by atoms with Gasteiger partial charge in [-0.05, 0) is 38.7 Å². The molecule has 0 radical (unpaired) electrons. The van der Waals surface area contributed by atoms with E-state index in [1.807, 2.05) is 50.5 Å². The van der Waals surface area contributed by atoms with Crippen LogP contribution in [0.4, 0.5) is 0 Å². The number of rotatable bonds is 6. The topological polar surface area (TPSA) is 42.0 Å². The Kier molecular flexibility index (Phi) is 6.23. The average Bonchev–Trinajstić information content (AvgIpc) is 3.12. The molecular formula is C24H25ClN2O3S. The highest BCUT2D eigenvalue weighted by atomic mass is 35.5. The van der Waals surface area contributed by atoms with Crippen molar-refractivity contribution in [3.05, 3.63) is 52.4 Å². The smallest absolute Gasteiger partial charge is 0.263 e. The lowest BCUT2D eigenvalue weighted by Crippen LogP contribution is -2.20. The molecule has 0 aliphatic carbocycles. The predicted molar refractivity (Wildman–Crippen MR) is 127 cm³/mol. The Hall–Kier alpha value is -2.54. The van der Waals surface area contributed by atoms with E-state index in [1.165, 1.54) is 11.3 Å². The molecule has 0 atom stereocenters. The third kappa shape index (κ3) is 4.42. The molecule has 2 aromatic carbocycles. The van der Waals surface area contributed by atoms with Crippen LogP contribution in [0.15, 0.2) is 42.5 Å². The van der Waals surface area contributed by atoms with Gasteiger partial charge in [0.2, 0.25) is 0 Å². The first-order valence-electron chi connectivity index (χ1n) is 10.1. The van der Waals surface area contributed by atoms with E-state index >= 15 is 0 Å². The number of carbonyl (C=O) groups is 1. The zero-order chi connectivity index (χ0) is 22.1. The lowest BCUT2D eigenvalue weighted by Gasteiger charge is -2.16. The summed E-state index contributed by atoms with van der Waals surface area (Å²) in [7, 11) is 7.59. The van der Waals surface area contributed by atoms with Crippen LogP contribution in [0, 0.1) is 0 Å². The number of hydrogen-bond donors (Lipinski definition) is 0. The Bertz CT molecular complexity index is 1120. The van der Waals surface area contributed by atoms with Gasteiger partial charge in [0.25, 0.3) is 5.91 Å². The second-order valence-corrected chi connectivity index (χ2v) is 9.43. The summed E-state index contributed by atoms with van der Waals surface area (Å²) in [6, 6.07) is 13.5. The summed E-state index contributed by atoms with van der Waals surface area (Å²) in [5.74, 6) is 1.94. The van der Waals surface area contributed by atoms with Crippen molar-refractivity contribution in [1.82, 2.24) is 9.80 Å². The van der Waals surface area contributed by atoms with E-state index in [-0.39, 0.29) is 5.91 Å². The van der Waals surface area contributed by atoms with Gasteiger partial charge in [0.05, 0.1) is 11.5 Å². The number of fused-ring (bicyclic) bond motifs is 5. The van der Waals surface area contributed by atoms with E-state index in [0.29, 0.717) is 28.0 Å². The highest BCUT2D eigenvalue weighted by molar-refractivity contribution is 7.18. The van der Waals surface area contributed by atoms with E-state index < -0.39 is 0 Å². The molecule has 0 saturated carbocycles. The lowest BCUT2D eigenvalue weighted by atomic mass is 10.0. The van der Waals surface area contributed by atoms with Crippen LogP contribution in [0.3, 0.4) is 0 Å². The highest BCUT2D eigenvalue weighted by Crippen LogP contribution is 2.53. The van der Waals surface area contributed by atoms with Crippen LogP contribution in [0.5, 0.6) is 17.2 Å². The number of benzene rings is 2. The first-order chi connectivity index (χ1) is 14.8. The van der Waals surface area contributed by atoms with Crippen LogP contribution >= 0.6 is 22.9 Å². The zero-order valence-corrected chi connectivity index (χ0v) is 19.6. The Morgan fingerprint density at radius 2 is 1.84 bits per heavy atom. The van der Waals surface area contributed by atoms with Gasteiger partial charge in [-0.2, -0.15) is 0 Å². The van der Waals surface area contributed by atoms with Crippen molar-refractivity contribution in [2.75, 3.05) is 41.3 Å². The number of amides is 1. The van der Waals surface area contributed by atoms with Gasteiger partial charge in [-0.15, -0.1) is 11.3 Å². The molecule has 1 amide bonds. The summed E-state index contributed by atoms with van der Waals surface area (Å²) in [5.41, 5.74) is 2.74. The Balaban J connectivity index is 1.84. The molecule has 7 heteroatoms. The van der Waals surface area contributed by atoms with Gasteiger partial charge in [-0.3, -0.25) is 4.79 Å². The zero-order valence-electron chi connectivity index (χ0n) is 18.1. The first kappa shape index (κ1) is 21.7. The van der Waals surface area contributed by atoms with Crippen LogP contribution in [0.25, 0.3) is 21.6 Å². The van der Waals surface area contributed by atoms with Crippen molar-refractivity contribution in [1.29, 1.82) is 0 Å². The van der Waals surface area contributed by atoms with Crippen LogP contribution in [-0.2, 0) is 0 Å². The maximum atomic E-state index is 12.7. The molecule has 5 nitrogen and oxygen atoms in total. The summed E-state index contributed by atoms with van der Waals surface area (Å²) in [4.78, 5) is 18.0. The molecule has 0 unspecified atom stereocenters. The fraction of sp³-hybridized carbons (Fsp3) is 0.292. The minimum absolute atomic E-state index is 0.0276. The van der Waals surface area contributed by atoms with Crippen molar-refractivity contribution in [2.24, 2.45) is 0 Å². The molecule has 1 aliphatic rings. The molecule has 2 heterocycles. The molecule has 0 fully saturated rings. The first-order valence-corrected chi connectivity index (χ1v) is 11.3. The lowest BCUT2D eigenvalue weighted by molar-refractivity contribution is 0.0832. The quantitative estimate of drug-likeness (QED) is 0.340. The largest absolute Gasteiger partial charge is 0.490 e. The van der Waals surface area contributed by atoms with Crippen molar-refractivity contribution in [3.8, 4) is 38.8 Å². The number of carbonyl (C=O) groups excluding carboxylic acids is 1. The van der Waals surface area contributed by atoms with Crippen LogP contribution in [-0.4, -0.2) is 57.0 Å². The molecule has 3 aromatic rings. The fourth-order valence-electron chi connectivity index (χ4n) is 3.52. The maximum Gasteiger partial charge on any atom is 0.263 e. The van der Waals surface area contributed by atoms with E-state index in [2.05, 4.69) is 4.90 Å². The molecule has 162 valence electrons. The van der Waals surface area contributed by atoms with E-state index in [9.17, 15) is 4.79 Å². The Morgan fingerprint density at radius 3 is 2.58 bits per heavy atom. The number of para-hydroxylation sites is 1. The molecule has 0 saturated heterocycles. The minimum Gasteiger partial charge on any atom is -0.490 e. The van der Waals surface area contributed by atoms with Gasteiger partial charge in [-0.1, -0.05) is 29.8 Å². The molecular weight excluding hydrogens is 432 g/mol. The van der Waals surface area contributed by atoms with Gasteiger partial charge in [-0.25, -0.2) is 0 Å². The number of halogens is 1. The SMILES string of the molecule is CN(C)CCCOc1cc(Cl)cc2c1Oc1ccccc1-c1cc(C(=O)N(C)C)sc1-2. The summed E-state index contributed by atoms with van der Waals surface area (Å²) in [5, 5.41) is 0.566. The number of thiophene rings is 1. The molecule has 0 bridgehead atoms. The maximum absolute atomic E-state index is 12.7. The second-order valence-electron chi connectivity index (χ2n) is 7.94. The van der Waals surface area contributed by atoms with E-state index in [1.54, 1.807) is 25.1 Å². The highest BCUT2D eigenvalue weighted by Gasteiger charge is 2.28. The number of nitrogens with zero attached hydrogens (tertiary/aromatic N) is 2. The molecule has 4 rings (SSSR count). The molecule has 0 N–H and O–H groups in total. The molecule has 31 heavy (non-hydrogen) atoms. The average molecular weight is 457 g/mol. The summed E-state index contributed by atoms with van der Waals surface area (Å²) < 4.78 is 12.5. The van der Waals surface area contributed by atoms with Gasteiger partial charge >= 0.3 is 0 Å². The van der Waals surface area contributed by atoms with Crippen molar-refractivity contribution in [2.45, 2.75) is 6.42 Å². The Labute approximate surface area is 191 Å². The third-order valence-electron chi connectivity index (χ3n) is 5.01. The Morgan fingerprint density at radius 1 is 1.06 bits per heavy atom. The van der Waals surface area contributed by atoms with Crippen molar-refractivity contribution in [3.63, 3.8) is 0 Å². The van der Waals surface area contributed by atoms with Gasteiger partial charge in [0, 0.05) is 53.3 Å². The van der Waals surface area contributed by atoms with Crippen LogP contribution in [0.2, 0.25) is 5.02 Å². The third-order valence-corrected chi connectivity index (χ3v) is 6.38. The van der Waals surface area contributed by atoms with E-state index in [0.717, 1.165) is 40.3 Å². The fourth-order valence-corrected chi connectivity index (χ4v) is 4.93. The number of hydrogen-bond acceptors (Lipinski definition) is 5. The summed E-state index contributed by atoms with van der Waals surface area (Å²) in [6.45, 7) is 1.48. The van der Waals surface area contributed by atoms with Gasteiger partial charge < -0.3 is 19.3 Å². The van der Waals surface area contributed by atoms with Gasteiger partial charge in [0.1, 0.15) is 5.75 Å². The molecule has 0 spiro atoms. The predicted octanol–water partition coefficient (Wildman–Crippen LogP) is 5.87. The standard InChI is InChI=1S/C24H25ClN2O3S/c1-26(2)10-7-11-29-20-13-15(25)12-18-22(20)30-19-9-6-5-8-16(19)17-14-21(31-23(17)18)24(28)27(3)4/h5-6,8-9,12-14H,7,10-11H2,1-4H3. The van der Waals surface area contributed by atoms with Crippen molar-refractivity contribution >= 4 is 28.8 Å². The van der Waals surface area contributed by atoms with Crippen molar-refractivity contribution < 1.29 is 14.3 Å². The minimum atomic E-state index is -0.0276. The summed E-state index contributed by atoms with van der Waals surface area (Å²) in [6.07, 6.45) is 0.886.